The van der Waals surface area contributed by atoms with Crippen LogP contribution in [0, 0.1) is 5.41 Å². The van der Waals surface area contributed by atoms with Gasteiger partial charge in [-0.05, 0) is 54.7 Å². The van der Waals surface area contributed by atoms with Crippen LogP contribution < -0.4 is 0 Å². The summed E-state index contributed by atoms with van der Waals surface area (Å²) in [6.45, 7) is 8.52. The Balaban J connectivity index is 1.95. The molecule has 0 heteroatoms. The molecule has 0 aromatic heterocycles. The number of rotatable bonds is 3. The number of hydrogen-bond acceptors (Lipinski definition) is 0. The third kappa shape index (κ3) is 1.90. The van der Waals surface area contributed by atoms with Crippen molar-refractivity contribution in [1.29, 1.82) is 0 Å². The minimum Gasteiger partial charge on any atom is -0.0985 e. The summed E-state index contributed by atoms with van der Waals surface area (Å²) in [5.74, 6) is 0. The predicted molar refractivity (Wildman–Crippen MR) is 82.2 cm³/mol. The second-order valence-corrected chi connectivity index (χ2v) is 6.04. The third-order valence-electron chi connectivity index (χ3n) is 5.03. The quantitative estimate of drug-likeness (QED) is 0.707. The second-order valence-electron chi connectivity index (χ2n) is 6.04. The van der Waals surface area contributed by atoms with Gasteiger partial charge in [-0.3, -0.25) is 0 Å². The molecule has 1 aromatic carbocycles. The zero-order chi connectivity index (χ0) is 13.5. The van der Waals surface area contributed by atoms with E-state index in [1.165, 1.54) is 30.4 Å². The molecule has 0 N–H and O–H groups in total. The van der Waals surface area contributed by atoms with E-state index in [9.17, 15) is 0 Å². The Hall–Kier alpha value is -1.56. The SMILES string of the molecule is C=CC1=C(C)CC(C2(CC)Cc3ccccc3C2)=C1. The summed E-state index contributed by atoms with van der Waals surface area (Å²) in [7, 11) is 0. The van der Waals surface area contributed by atoms with Gasteiger partial charge in [0.1, 0.15) is 0 Å². The minimum atomic E-state index is 0.357. The lowest BCUT2D eigenvalue weighted by atomic mass is 9.74. The molecule has 0 saturated carbocycles. The highest BCUT2D eigenvalue weighted by molar-refractivity contribution is 5.49. The highest BCUT2D eigenvalue weighted by Crippen LogP contribution is 2.49. The first kappa shape index (κ1) is 12.5. The third-order valence-corrected chi connectivity index (χ3v) is 5.03. The fourth-order valence-corrected chi connectivity index (χ4v) is 3.72. The summed E-state index contributed by atoms with van der Waals surface area (Å²) < 4.78 is 0. The normalized spacial score (nSPS) is 20.4. The average molecular weight is 250 g/mol. The lowest BCUT2D eigenvalue weighted by Crippen LogP contribution is -2.22. The lowest BCUT2D eigenvalue weighted by molar-refractivity contribution is 0.357. The van der Waals surface area contributed by atoms with Crippen LogP contribution in [0.3, 0.4) is 0 Å². The van der Waals surface area contributed by atoms with E-state index in [1.807, 2.05) is 6.08 Å². The minimum absolute atomic E-state index is 0.357. The van der Waals surface area contributed by atoms with Gasteiger partial charge in [0, 0.05) is 0 Å². The van der Waals surface area contributed by atoms with E-state index in [0.29, 0.717) is 5.41 Å². The smallest absolute Gasteiger partial charge is 0.000331 e. The Kier molecular flexibility index (Phi) is 2.97. The molecule has 98 valence electrons. The van der Waals surface area contributed by atoms with E-state index in [0.717, 1.165) is 6.42 Å². The van der Waals surface area contributed by atoms with Crippen LogP contribution in [0.2, 0.25) is 0 Å². The zero-order valence-corrected chi connectivity index (χ0v) is 12.0. The fraction of sp³-hybridized carbons (Fsp3) is 0.368. The van der Waals surface area contributed by atoms with E-state index in [1.54, 1.807) is 16.7 Å². The van der Waals surface area contributed by atoms with Crippen molar-refractivity contribution in [3.8, 4) is 0 Å². The summed E-state index contributed by atoms with van der Waals surface area (Å²) in [6, 6.07) is 8.95. The van der Waals surface area contributed by atoms with Crippen LogP contribution in [-0.2, 0) is 12.8 Å². The highest BCUT2D eigenvalue weighted by Gasteiger charge is 2.39. The summed E-state index contributed by atoms with van der Waals surface area (Å²) in [5, 5.41) is 0. The molecule has 0 unspecified atom stereocenters. The van der Waals surface area contributed by atoms with Crippen molar-refractivity contribution >= 4 is 0 Å². The molecule has 3 rings (SSSR count). The molecule has 0 fully saturated rings. The molecule has 0 atom stereocenters. The Morgan fingerprint density at radius 3 is 2.32 bits per heavy atom. The first-order chi connectivity index (χ1) is 9.18. The van der Waals surface area contributed by atoms with Crippen molar-refractivity contribution in [2.45, 2.75) is 39.5 Å². The zero-order valence-electron chi connectivity index (χ0n) is 12.0. The van der Waals surface area contributed by atoms with Crippen molar-refractivity contribution in [2.24, 2.45) is 5.41 Å². The van der Waals surface area contributed by atoms with E-state index in [4.69, 9.17) is 0 Å². The number of allylic oxidation sites excluding steroid dienone is 5. The first-order valence-electron chi connectivity index (χ1n) is 7.28. The Bertz CT molecular complexity index is 559. The van der Waals surface area contributed by atoms with Crippen LogP contribution >= 0.6 is 0 Å². The summed E-state index contributed by atoms with van der Waals surface area (Å²) in [6.07, 6.45) is 9.20. The van der Waals surface area contributed by atoms with Crippen LogP contribution in [0.25, 0.3) is 0 Å². The van der Waals surface area contributed by atoms with Crippen LogP contribution in [0.5, 0.6) is 0 Å². The van der Waals surface area contributed by atoms with Crippen molar-refractivity contribution in [3.05, 3.63) is 70.8 Å². The van der Waals surface area contributed by atoms with Crippen LogP contribution in [0.4, 0.5) is 0 Å². The molecular weight excluding hydrogens is 228 g/mol. The molecular formula is C19H22. The maximum Gasteiger partial charge on any atom is -0.000331 e. The molecule has 0 spiro atoms. The summed E-state index contributed by atoms with van der Waals surface area (Å²) in [4.78, 5) is 0. The van der Waals surface area contributed by atoms with Crippen LogP contribution in [0.15, 0.2) is 59.7 Å². The van der Waals surface area contributed by atoms with Gasteiger partial charge in [-0.1, -0.05) is 61.1 Å². The van der Waals surface area contributed by atoms with Gasteiger partial charge in [0.2, 0.25) is 0 Å². The van der Waals surface area contributed by atoms with Crippen molar-refractivity contribution in [1.82, 2.24) is 0 Å². The Morgan fingerprint density at radius 1 is 1.21 bits per heavy atom. The molecule has 2 aliphatic rings. The highest BCUT2D eigenvalue weighted by atomic mass is 14.4. The topological polar surface area (TPSA) is 0 Å². The van der Waals surface area contributed by atoms with Crippen molar-refractivity contribution < 1.29 is 0 Å². The van der Waals surface area contributed by atoms with Gasteiger partial charge in [0.25, 0.3) is 0 Å². The lowest BCUT2D eigenvalue weighted by Gasteiger charge is -2.30. The number of fused-ring (bicyclic) bond motifs is 1. The number of benzene rings is 1. The van der Waals surface area contributed by atoms with E-state index in [2.05, 4.69) is 50.8 Å². The number of hydrogen-bond donors (Lipinski definition) is 0. The summed E-state index contributed by atoms with van der Waals surface area (Å²) in [5.41, 5.74) is 7.91. The van der Waals surface area contributed by atoms with E-state index >= 15 is 0 Å². The molecule has 1 aromatic rings. The molecule has 0 radical (unpaired) electrons. The predicted octanol–water partition coefficient (Wildman–Crippen LogP) is 5.01. The molecule has 0 aliphatic heterocycles. The van der Waals surface area contributed by atoms with Gasteiger partial charge in [-0.2, -0.15) is 0 Å². The van der Waals surface area contributed by atoms with Gasteiger partial charge < -0.3 is 0 Å². The molecule has 0 nitrogen and oxygen atoms in total. The molecule has 19 heavy (non-hydrogen) atoms. The molecule has 2 aliphatic carbocycles. The maximum absolute atomic E-state index is 3.94. The maximum atomic E-state index is 3.94. The average Bonchev–Trinajstić information content (AvgIpc) is 2.99. The van der Waals surface area contributed by atoms with Crippen molar-refractivity contribution in [2.75, 3.05) is 0 Å². The van der Waals surface area contributed by atoms with Gasteiger partial charge in [0.05, 0.1) is 0 Å². The first-order valence-corrected chi connectivity index (χ1v) is 7.28. The van der Waals surface area contributed by atoms with E-state index < -0.39 is 0 Å². The monoisotopic (exact) mass is 250 g/mol. The Labute approximate surface area is 116 Å². The largest absolute Gasteiger partial charge is 0.0985 e. The Morgan fingerprint density at radius 2 is 1.84 bits per heavy atom. The van der Waals surface area contributed by atoms with Crippen molar-refractivity contribution in [3.63, 3.8) is 0 Å². The van der Waals surface area contributed by atoms with Crippen LogP contribution in [0.1, 0.15) is 37.8 Å². The van der Waals surface area contributed by atoms with Gasteiger partial charge in [0.15, 0.2) is 0 Å². The molecule has 0 saturated heterocycles. The van der Waals surface area contributed by atoms with Gasteiger partial charge in [-0.15, -0.1) is 0 Å². The standard InChI is InChI=1S/C19H22/c1-4-15-11-18(10-14(15)3)19(5-2)12-16-8-6-7-9-17(16)13-19/h4,6-9,11H,1,5,10,12-13H2,2-3H3. The van der Waals surface area contributed by atoms with E-state index in [-0.39, 0.29) is 0 Å². The fourth-order valence-electron chi connectivity index (χ4n) is 3.72. The second kappa shape index (κ2) is 4.52. The summed E-state index contributed by atoms with van der Waals surface area (Å²) >= 11 is 0. The molecule has 0 bridgehead atoms. The molecule has 0 amide bonds. The van der Waals surface area contributed by atoms with Crippen LogP contribution in [-0.4, -0.2) is 0 Å². The molecule has 0 heterocycles. The van der Waals surface area contributed by atoms with Gasteiger partial charge >= 0.3 is 0 Å². The van der Waals surface area contributed by atoms with Gasteiger partial charge in [-0.25, -0.2) is 0 Å².